The number of fused-ring (bicyclic) bond motifs is 1. The minimum atomic E-state index is -1.10. The summed E-state index contributed by atoms with van der Waals surface area (Å²) in [5, 5.41) is 11.1. The number of rotatable bonds is 6. The maximum Gasteiger partial charge on any atom is 0.283 e. The molecular formula is C26H19F2N7O2. The zero-order chi connectivity index (χ0) is 26.1. The van der Waals surface area contributed by atoms with Gasteiger partial charge in [-0.3, -0.25) is 4.79 Å². The van der Waals surface area contributed by atoms with E-state index < -0.39 is 17.6 Å². The molecule has 2 aromatic carbocycles. The molecule has 0 saturated carbocycles. The second-order valence-corrected chi connectivity index (χ2v) is 8.01. The first kappa shape index (κ1) is 23.5. The Labute approximate surface area is 209 Å². The van der Waals surface area contributed by atoms with Gasteiger partial charge in [-0.2, -0.15) is 0 Å². The van der Waals surface area contributed by atoms with Crippen molar-refractivity contribution < 1.29 is 18.3 Å². The summed E-state index contributed by atoms with van der Waals surface area (Å²) in [6, 6.07) is 16.2. The third-order valence-corrected chi connectivity index (χ3v) is 5.43. The fourth-order valence-corrected chi connectivity index (χ4v) is 3.73. The lowest BCUT2D eigenvalue weighted by Gasteiger charge is -2.10. The number of anilines is 2. The molecule has 5 rings (SSSR count). The molecule has 0 spiro atoms. The van der Waals surface area contributed by atoms with Crippen molar-refractivity contribution in [3.8, 4) is 34.0 Å². The van der Waals surface area contributed by atoms with E-state index in [4.69, 9.17) is 10.5 Å². The summed E-state index contributed by atoms with van der Waals surface area (Å²) < 4.78 is 35.2. The molecule has 0 saturated heterocycles. The molecule has 3 heterocycles. The molecule has 11 heteroatoms. The number of amides is 1. The summed E-state index contributed by atoms with van der Waals surface area (Å²) in [6.45, 7) is 4.78. The molecule has 37 heavy (non-hydrogen) atoms. The number of carbonyl (C=O) groups is 1. The highest BCUT2D eigenvalue weighted by Gasteiger charge is 2.21. The van der Waals surface area contributed by atoms with E-state index in [2.05, 4.69) is 32.1 Å². The maximum atomic E-state index is 15.2. The molecule has 0 fully saturated rings. The van der Waals surface area contributed by atoms with Gasteiger partial charge in [0.2, 0.25) is 5.88 Å². The van der Waals surface area contributed by atoms with Crippen LogP contribution in [0.2, 0.25) is 0 Å². The minimum absolute atomic E-state index is 0.00126. The summed E-state index contributed by atoms with van der Waals surface area (Å²) >= 11 is 0. The third-order valence-electron chi connectivity index (χ3n) is 5.43. The van der Waals surface area contributed by atoms with Gasteiger partial charge in [0.05, 0.1) is 0 Å². The summed E-state index contributed by atoms with van der Waals surface area (Å²) in [5.41, 5.74) is 9.63. The zero-order valence-corrected chi connectivity index (χ0v) is 19.4. The van der Waals surface area contributed by atoms with Crippen LogP contribution < -0.4 is 15.8 Å². The molecule has 1 amide bonds. The number of hydrogen-bond donors (Lipinski definition) is 2. The van der Waals surface area contributed by atoms with Crippen molar-refractivity contribution in [2.24, 2.45) is 0 Å². The largest absolute Gasteiger partial charge is 0.436 e. The van der Waals surface area contributed by atoms with Gasteiger partial charge >= 0.3 is 0 Å². The number of pyridine rings is 1. The van der Waals surface area contributed by atoms with Gasteiger partial charge in [-0.25, -0.2) is 18.7 Å². The molecule has 5 aromatic rings. The number of ether oxygens (including phenoxy) is 1. The Bertz CT molecular complexity index is 1670. The van der Waals surface area contributed by atoms with Crippen molar-refractivity contribution in [1.29, 1.82) is 0 Å². The highest BCUT2D eigenvalue weighted by molar-refractivity contribution is 6.02. The summed E-state index contributed by atoms with van der Waals surface area (Å²) in [6.07, 6.45) is 1.26. The van der Waals surface area contributed by atoms with Gasteiger partial charge in [-0.05, 0) is 42.8 Å². The average Bonchev–Trinajstić information content (AvgIpc) is 3.27. The molecular weight excluding hydrogens is 480 g/mol. The SMILES string of the molecule is C=C(F)C(=O)Nc1ccc(-c2nn3ncnc(N)c3c2-c2ccc(Oc3cccc(C)n3)c(F)c2)cc1. The van der Waals surface area contributed by atoms with Crippen LogP contribution in [-0.2, 0) is 4.79 Å². The quantitative estimate of drug-likeness (QED) is 0.312. The van der Waals surface area contributed by atoms with E-state index >= 15 is 4.39 Å². The van der Waals surface area contributed by atoms with Crippen molar-refractivity contribution in [2.75, 3.05) is 11.1 Å². The Balaban J connectivity index is 1.57. The van der Waals surface area contributed by atoms with E-state index in [0.29, 0.717) is 33.6 Å². The van der Waals surface area contributed by atoms with Gasteiger partial charge in [0.15, 0.2) is 23.2 Å². The van der Waals surface area contributed by atoms with Crippen molar-refractivity contribution in [2.45, 2.75) is 6.92 Å². The number of carbonyl (C=O) groups excluding carboxylic acids is 1. The van der Waals surface area contributed by atoms with E-state index in [1.807, 2.05) is 13.0 Å². The first-order valence-corrected chi connectivity index (χ1v) is 11.0. The number of nitrogens with one attached hydrogen (secondary N) is 1. The van der Waals surface area contributed by atoms with Gasteiger partial charge in [0.25, 0.3) is 5.91 Å². The van der Waals surface area contributed by atoms with Crippen molar-refractivity contribution >= 4 is 22.9 Å². The molecule has 0 aliphatic heterocycles. The summed E-state index contributed by atoms with van der Waals surface area (Å²) in [4.78, 5) is 19.9. The molecule has 3 N–H and O–H groups in total. The van der Waals surface area contributed by atoms with Crippen LogP contribution in [0, 0.1) is 12.7 Å². The van der Waals surface area contributed by atoms with Crippen LogP contribution in [-0.4, -0.2) is 30.7 Å². The number of aromatic nitrogens is 5. The van der Waals surface area contributed by atoms with Gasteiger partial charge in [0, 0.05) is 28.6 Å². The predicted octanol–water partition coefficient (Wildman–Crippen LogP) is 5.10. The van der Waals surface area contributed by atoms with E-state index in [1.54, 1.807) is 42.5 Å². The van der Waals surface area contributed by atoms with Crippen LogP contribution in [0.15, 0.2) is 79.4 Å². The molecule has 0 atom stereocenters. The monoisotopic (exact) mass is 499 g/mol. The molecule has 0 bridgehead atoms. The number of nitrogens with zero attached hydrogens (tertiary/aromatic N) is 5. The van der Waals surface area contributed by atoms with Gasteiger partial charge in [-0.15, -0.1) is 14.8 Å². The van der Waals surface area contributed by atoms with E-state index in [-0.39, 0.29) is 17.4 Å². The number of benzene rings is 2. The van der Waals surface area contributed by atoms with Gasteiger partial charge < -0.3 is 15.8 Å². The minimum Gasteiger partial charge on any atom is -0.436 e. The number of halogens is 2. The van der Waals surface area contributed by atoms with Crippen LogP contribution in [0.4, 0.5) is 20.3 Å². The number of hydrogen-bond acceptors (Lipinski definition) is 7. The second kappa shape index (κ2) is 9.46. The molecule has 9 nitrogen and oxygen atoms in total. The number of nitrogen functional groups attached to an aromatic ring is 1. The van der Waals surface area contributed by atoms with Crippen LogP contribution in [0.5, 0.6) is 11.6 Å². The van der Waals surface area contributed by atoms with Crippen molar-refractivity contribution in [1.82, 2.24) is 24.8 Å². The average molecular weight is 499 g/mol. The molecule has 0 unspecified atom stereocenters. The lowest BCUT2D eigenvalue weighted by Crippen LogP contribution is -2.10. The standard InChI is InChI=1S/C26H19F2N7O2/c1-14-4-3-5-21(32-14)37-20-11-8-17(12-19(20)28)22-23(34-35-24(22)25(29)30-13-31-35)16-6-9-18(10-7-16)33-26(36)15(2)27/h3-13H,2H2,1H3,(H,33,36)(H2,29,30,31). The fraction of sp³-hybridized carbons (Fsp3) is 0.0385. The highest BCUT2D eigenvalue weighted by atomic mass is 19.1. The van der Waals surface area contributed by atoms with Crippen LogP contribution >= 0.6 is 0 Å². The highest BCUT2D eigenvalue weighted by Crippen LogP contribution is 2.38. The Morgan fingerprint density at radius 1 is 1.11 bits per heavy atom. The fourth-order valence-electron chi connectivity index (χ4n) is 3.73. The smallest absolute Gasteiger partial charge is 0.283 e. The lowest BCUT2D eigenvalue weighted by atomic mass is 9.99. The van der Waals surface area contributed by atoms with E-state index in [9.17, 15) is 9.18 Å². The van der Waals surface area contributed by atoms with Gasteiger partial charge in [-0.1, -0.05) is 30.8 Å². The Kier molecular flexibility index (Phi) is 6.02. The third kappa shape index (κ3) is 4.69. The van der Waals surface area contributed by atoms with Gasteiger partial charge in [0.1, 0.15) is 17.5 Å². The number of nitrogens with two attached hydrogens (primary N) is 1. The van der Waals surface area contributed by atoms with Crippen LogP contribution in [0.3, 0.4) is 0 Å². The Morgan fingerprint density at radius 3 is 2.57 bits per heavy atom. The maximum absolute atomic E-state index is 15.2. The van der Waals surface area contributed by atoms with Crippen LogP contribution in [0.25, 0.3) is 27.9 Å². The zero-order valence-electron chi connectivity index (χ0n) is 19.4. The normalized spacial score (nSPS) is 10.9. The topological polar surface area (TPSA) is 120 Å². The summed E-state index contributed by atoms with van der Waals surface area (Å²) in [5.74, 6) is -2.25. The van der Waals surface area contributed by atoms with Crippen molar-refractivity contribution in [3.05, 3.63) is 90.9 Å². The predicted molar refractivity (Wildman–Crippen MR) is 134 cm³/mol. The first-order valence-electron chi connectivity index (χ1n) is 11.0. The number of aryl methyl sites for hydroxylation is 1. The van der Waals surface area contributed by atoms with E-state index in [0.717, 1.165) is 5.69 Å². The van der Waals surface area contributed by atoms with E-state index in [1.165, 1.54) is 23.1 Å². The molecule has 0 aliphatic carbocycles. The second-order valence-electron chi connectivity index (χ2n) is 8.01. The lowest BCUT2D eigenvalue weighted by molar-refractivity contribution is -0.114. The first-order chi connectivity index (χ1) is 17.8. The molecule has 0 radical (unpaired) electrons. The molecule has 0 aliphatic rings. The van der Waals surface area contributed by atoms with Crippen LogP contribution in [0.1, 0.15) is 5.69 Å². The summed E-state index contributed by atoms with van der Waals surface area (Å²) in [7, 11) is 0. The van der Waals surface area contributed by atoms with Crippen molar-refractivity contribution in [3.63, 3.8) is 0 Å². The Hall–Kier alpha value is -5.19. The Morgan fingerprint density at radius 2 is 1.86 bits per heavy atom. The molecule has 184 valence electrons. The molecule has 3 aromatic heterocycles.